The van der Waals surface area contributed by atoms with Crippen LogP contribution in [0.5, 0.6) is 0 Å². The average molecular weight is 278 g/mol. The van der Waals surface area contributed by atoms with Gasteiger partial charge in [0.05, 0.1) is 4.90 Å². The first kappa shape index (κ1) is 12.8. The van der Waals surface area contributed by atoms with Crippen LogP contribution in [0.3, 0.4) is 0 Å². The number of hydrogen-bond acceptors (Lipinski definition) is 4. The molecule has 0 spiro atoms. The Morgan fingerprint density at radius 1 is 1.26 bits per heavy atom. The third-order valence-electron chi connectivity index (χ3n) is 3.69. The first-order chi connectivity index (χ1) is 9.06. The van der Waals surface area contributed by atoms with Crippen LogP contribution >= 0.6 is 0 Å². The molecule has 0 atom stereocenters. The zero-order valence-electron chi connectivity index (χ0n) is 11.0. The van der Waals surface area contributed by atoms with Gasteiger partial charge in [-0.2, -0.15) is 0 Å². The number of hydrogen-bond donors (Lipinski definition) is 1. The van der Waals surface area contributed by atoms with Crippen LogP contribution in [0.4, 0.5) is 0 Å². The number of sulfone groups is 1. The predicted molar refractivity (Wildman–Crippen MR) is 75.7 cm³/mol. The molecule has 0 saturated carbocycles. The van der Waals surface area contributed by atoms with Gasteiger partial charge in [-0.25, -0.2) is 8.42 Å². The summed E-state index contributed by atoms with van der Waals surface area (Å²) in [6, 6.07) is 5.68. The van der Waals surface area contributed by atoms with Crippen molar-refractivity contribution in [1.82, 2.24) is 10.2 Å². The van der Waals surface area contributed by atoms with Crippen molar-refractivity contribution < 1.29 is 8.42 Å². The summed E-state index contributed by atoms with van der Waals surface area (Å²) in [5, 5.41) is 4.75. The van der Waals surface area contributed by atoms with E-state index in [-0.39, 0.29) is 0 Å². The molecule has 1 aromatic carbocycles. The monoisotopic (exact) mass is 278 g/mol. The lowest BCUT2D eigenvalue weighted by atomic mass is 10.1. The van der Waals surface area contributed by atoms with Gasteiger partial charge in [-0.05, 0) is 29.7 Å². The summed E-state index contributed by atoms with van der Waals surface area (Å²) >= 11 is 0. The van der Waals surface area contributed by atoms with Crippen molar-refractivity contribution in [3.05, 3.63) is 34.7 Å². The minimum atomic E-state index is -3.23. The van der Waals surface area contributed by atoms with Crippen LogP contribution in [0.1, 0.15) is 11.1 Å². The summed E-state index contributed by atoms with van der Waals surface area (Å²) in [5.41, 5.74) is 2.79. The topological polar surface area (TPSA) is 49.4 Å². The number of aryl methyl sites for hydroxylation is 1. The number of rotatable bonds is 2. The fraction of sp³-hybridized carbons (Fsp3) is 0.429. The zero-order valence-corrected chi connectivity index (χ0v) is 11.8. The molecule has 0 radical (unpaired) electrons. The van der Waals surface area contributed by atoms with Gasteiger partial charge in [0.15, 0.2) is 0 Å². The Hall–Kier alpha value is -1.17. The van der Waals surface area contributed by atoms with Gasteiger partial charge in [0.2, 0.25) is 9.84 Å². The van der Waals surface area contributed by atoms with E-state index in [2.05, 4.69) is 10.2 Å². The maximum Gasteiger partial charge on any atom is 0.200 e. The highest BCUT2D eigenvalue weighted by atomic mass is 32.2. The Morgan fingerprint density at radius 3 is 2.74 bits per heavy atom. The molecular weight excluding hydrogens is 260 g/mol. The summed E-state index contributed by atoms with van der Waals surface area (Å²) < 4.78 is 24.3. The van der Waals surface area contributed by atoms with E-state index in [1.54, 1.807) is 6.07 Å². The average Bonchev–Trinajstić information content (AvgIpc) is 2.62. The molecule has 2 aliphatic rings. The molecule has 2 aliphatic heterocycles. The van der Waals surface area contributed by atoms with E-state index in [0.717, 1.165) is 49.4 Å². The number of piperazine rings is 1. The number of nitrogens with zero attached hydrogens (tertiary/aromatic N) is 1. The molecule has 0 unspecified atom stereocenters. The highest BCUT2D eigenvalue weighted by molar-refractivity contribution is 7.95. The Labute approximate surface area is 114 Å². The summed E-state index contributed by atoms with van der Waals surface area (Å²) in [6.07, 6.45) is 0. The van der Waals surface area contributed by atoms with Gasteiger partial charge >= 0.3 is 0 Å². The second-order valence-corrected chi connectivity index (χ2v) is 6.98. The van der Waals surface area contributed by atoms with Gasteiger partial charge < -0.3 is 5.32 Å². The van der Waals surface area contributed by atoms with Crippen LogP contribution in [-0.2, 0) is 9.84 Å². The Bertz CT molecular complexity index is 629. The standard InChI is InChI=1S/C14H18N2O2S/c1-11-2-3-13-12(9-16-6-4-15-5-7-16)10-19(17,18)14(13)8-11/h2-3,8,10,15H,4-7,9H2,1H3. The summed E-state index contributed by atoms with van der Waals surface area (Å²) in [7, 11) is -3.23. The molecule has 2 heterocycles. The Morgan fingerprint density at radius 2 is 2.00 bits per heavy atom. The minimum absolute atomic E-state index is 0.470. The molecule has 1 saturated heterocycles. The first-order valence-electron chi connectivity index (χ1n) is 6.56. The second-order valence-electron chi connectivity index (χ2n) is 5.21. The molecule has 0 aliphatic carbocycles. The molecule has 1 fully saturated rings. The summed E-state index contributed by atoms with van der Waals surface area (Å²) in [5.74, 6) is 0. The third-order valence-corrected chi connectivity index (χ3v) is 5.24. The fourth-order valence-electron chi connectivity index (χ4n) is 2.68. The van der Waals surface area contributed by atoms with E-state index < -0.39 is 9.84 Å². The van der Waals surface area contributed by atoms with Gasteiger partial charge in [-0.15, -0.1) is 0 Å². The molecular formula is C14H18N2O2S. The first-order valence-corrected chi connectivity index (χ1v) is 8.11. The number of fused-ring (bicyclic) bond motifs is 1. The van der Waals surface area contributed by atoms with Crippen molar-refractivity contribution in [2.24, 2.45) is 0 Å². The Kier molecular flexibility index (Phi) is 3.20. The highest BCUT2D eigenvalue weighted by Gasteiger charge is 2.27. The quantitative estimate of drug-likeness (QED) is 0.878. The van der Waals surface area contributed by atoms with Crippen LogP contribution in [0, 0.1) is 6.92 Å². The highest BCUT2D eigenvalue weighted by Crippen LogP contribution is 2.34. The third kappa shape index (κ3) is 2.45. The summed E-state index contributed by atoms with van der Waals surface area (Å²) in [4.78, 5) is 2.77. The predicted octanol–water partition coefficient (Wildman–Crippen LogP) is 1.03. The summed E-state index contributed by atoms with van der Waals surface area (Å²) in [6.45, 7) is 6.53. The molecule has 0 aromatic heterocycles. The number of nitrogens with one attached hydrogen (secondary N) is 1. The normalized spacial score (nSPS) is 22.1. The van der Waals surface area contributed by atoms with Gasteiger partial charge in [0, 0.05) is 38.1 Å². The van der Waals surface area contributed by atoms with E-state index in [0.29, 0.717) is 4.90 Å². The number of benzene rings is 1. The van der Waals surface area contributed by atoms with Crippen molar-refractivity contribution in [3.63, 3.8) is 0 Å². The van der Waals surface area contributed by atoms with Crippen molar-refractivity contribution >= 4 is 15.4 Å². The molecule has 0 amide bonds. The van der Waals surface area contributed by atoms with Crippen molar-refractivity contribution in [3.8, 4) is 0 Å². The zero-order chi connectivity index (χ0) is 13.5. The van der Waals surface area contributed by atoms with Crippen LogP contribution in [0.25, 0.3) is 5.57 Å². The van der Waals surface area contributed by atoms with Gasteiger partial charge in [0.25, 0.3) is 0 Å². The van der Waals surface area contributed by atoms with Gasteiger partial charge in [0.1, 0.15) is 0 Å². The minimum Gasteiger partial charge on any atom is -0.314 e. The SMILES string of the molecule is Cc1ccc2c(c1)S(=O)(=O)C=C2CN1CCNCC1. The largest absolute Gasteiger partial charge is 0.314 e. The Balaban J connectivity index is 1.92. The van der Waals surface area contributed by atoms with Crippen LogP contribution in [-0.4, -0.2) is 46.0 Å². The van der Waals surface area contributed by atoms with Gasteiger partial charge in [-0.3, -0.25) is 4.90 Å². The van der Waals surface area contributed by atoms with E-state index >= 15 is 0 Å². The molecule has 0 bridgehead atoms. The molecule has 5 heteroatoms. The van der Waals surface area contributed by atoms with E-state index in [1.807, 2.05) is 19.1 Å². The van der Waals surface area contributed by atoms with E-state index in [1.165, 1.54) is 5.41 Å². The second kappa shape index (κ2) is 4.74. The fourth-order valence-corrected chi connectivity index (χ4v) is 4.24. The van der Waals surface area contributed by atoms with Gasteiger partial charge in [-0.1, -0.05) is 12.1 Å². The smallest absolute Gasteiger partial charge is 0.200 e. The van der Waals surface area contributed by atoms with Crippen LogP contribution < -0.4 is 5.32 Å². The molecule has 19 heavy (non-hydrogen) atoms. The van der Waals surface area contributed by atoms with E-state index in [9.17, 15) is 8.42 Å². The van der Waals surface area contributed by atoms with Crippen molar-refractivity contribution in [1.29, 1.82) is 0 Å². The maximum absolute atomic E-state index is 12.2. The van der Waals surface area contributed by atoms with Crippen LogP contribution in [0.15, 0.2) is 28.5 Å². The van der Waals surface area contributed by atoms with Crippen molar-refractivity contribution in [2.75, 3.05) is 32.7 Å². The molecule has 4 nitrogen and oxygen atoms in total. The van der Waals surface area contributed by atoms with Crippen LogP contribution in [0.2, 0.25) is 0 Å². The molecule has 1 N–H and O–H groups in total. The lowest BCUT2D eigenvalue weighted by Crippen LogP contribution is -2.43. The molecule has 3 rings (SSSR count). The van der Waals surface area contributed by atoms with E-state index in [4.69, 9.17) is 0 Å². The lowest BCUT2D eigenvalue weighted by molar-refractivity contribution is 0.268. The lowest BCUT2D eigenvalue weighted by Gasteiger charge is -2.27. The van der Waals surface area contributed by atoms with Crippen molar-refractivity contribution in [2.45, 2.75) is 11.8 Å². The molecule has 102 valence electrons. The maximum atomic E-state index is 12.2. The molecule has 1 aromatic rings.